The molecule has 12 N–H and O–H groups in total. The molecule has 0 bridgehead atoms. The number of hydrogen-bond acceptors (Lipinski definition) is 18. The molecule has 0 radical (unpaired) electrons. The van der Waals surface area contributed by atoms with E-state index in [9.17, 15) is 61.0 Å². The lowest BCUT2D eigenvalue weighted by Crippen LogP contribution is -2.67. The summed E-state index contributed by atoms with van der Waals surface area (Å²) in [4.78, 5) is 13.3. The second-order valence-corrected chi connectivity index (χ2v) is 21.5. The molecule has 0 aromatic heterocycles. The fraction of sp³-hybridized carbons (Fsp3) is 0.946. The highest BCUT2D eigenvalue weighted by molar-refractivity contribution is 5.76. The lowest BCUT2D eigenvalue weighted by Gasteiger charge is -2.48. The molecule has 0 spiro atoms. The highest BCUT2D eigenvalue weighted by Gasteiger charge is 2.54. The van der Waals surface area contributed by atoms with Gasteiger partial charge < -0.3 is 89.9 Å². The molecular formula is C56H105NO18. The van der Waals surface area contributed by atoms with Crippen molar-refractivity contribution in [2.75, 3.05) is 26.4 Å². The summed E-state index contributed by atoms with van der Waals surface area (Å²) in [6.45, 7) is 1.69. The summed E-state index contributed by atoms with van der Waals surface area (Å²) in [5.74, 6) is -0.277. The molecule has 3 fully saturated rings. The van der Waals surface area contributed by atoms with Crippen molar-refractivity contribution < 1.29 is 89.4 Å². The van der Waals surface area contributed by atoms with Gasteiger partial charge in [-0.2, -0.15) is 0 Å². The molecule has 3 saturated heterocycles. The van der Waals surface area contributed by atoms with E-state index < -0.39 is 124 Å². The van der Waals surface area contributed by atoms with Gasteiger partial charge in [-0.3, -0.25) is 4.79 Å². The number of nitrogens with one attached hydrogen (secondary N) is 1. The maximum atomic E-state index is 13.3. The van der Waals surface area contributed by atoms with Gasteiger partial charge in [-0.05, 0) is 19.3 Å². The standard InChI is InChI=1S/C56H105NO18/c1-3-5-7-9-11-13-15-17-18-19-20-22-24-26-28-30-32-34-44(62)57-39(40(61)33-31-29-27-25-23-21-16-14-12-10-8-6-4-2)38-70-54-50(68)48(66)52(43(37-60)73-54)74-56-51(69)53(46(64)42(36-59)72-56)75-55-49(67)47(65)45(63)41(35-58)71-55/h31,33,39-43,45-56,58-61,63-69H,3-30,32,34-38H2,1-2H3,(H,57,62)/b33-31+/t39-,40+,41?,42?,43?,45-,46-,47-,48+,49?,50?,51?,52+,53-,54+,55+,56-/m0/s1. The van der Waals surface area contributed by atoms with E-state index in [4.69, 9.17) is 28.4 Å². The number of rotatable bonds is 43. The first-order valence-electron chi connectivity index (χ1n) is 29.4. The summed E-state index contributed by atoms with van der Waals surface area (Å²) in [6, 6.07) is -0.973. The van der Waals surface area contributed by atoms with Gasteiger partial charge in [-0.25, -0.2) is 0 Å². The van der Waals surface area contributed by atoms with Gasteiger partial charge in [0.15, 0.2) is 18.9 Å². The second-order valence-electron chi connectivity index (χ2n) is 21.5. The Labute approximate surface area is 448 Å². The van der Waals surface area contributed by atoms with Crippen LogP contribution < -0.4 is 5.32 Å². The summed E-state index contributed by atoms with van der Waals surface area (Å²) in [6.07, 6.45) is 11.6. The summed E-state index contributed by atoms with van der Waals surface area (Å²) >= 11 is 0. The fourth-order valence-electron chi connectivity index (χ4n) is 10.2. The average Bonchev–Trinajstić information content (AvgIpc) is 3.40. The van der Waals surface area contributed by atoms with Crippen LogP contribution in [0.5, 0.6) is 0 Å². The van der Waals surface area contributed by atoms with Crippen molar-refractivity contribution in [3.05, 3.63) is 12.2 Å². The zero-order valence-corrected chi connectivity index (χ0v) is 45.8. The van der Waals surface area contributed by atoms with Crippen LogP contribution in [-0.2, 0) is 33.2 Å². The van der Waals surface area contributed by atoms with Gasteiger partial charge in [0.05, 0.1) is 38.6 Å². The lowest BCUT2D eigenvalue weighted by molar-refractivity contribution is -0.380. The van der Waals surface area contributed by atoms with Crippen LogP contribution in [0.2, 0.25) is 0 Å². The number of unbranched alkanes of at least 4 members (excludes halogenated alkanes) is 27. The van der Waals surface area contributed by atoms with Crippen LogP contribution in [-0.4, -0.2) is 193 Å². The van der Waals surface area contributed by atoms with E-state index in [0.717, 1.165) is 44.9 Å². The van der Waals surface area contributed by atoms with Gasteiger partial charge >= 0.3 is 0 Å². The average molecular weight is 1080 g/mol. The minimum absolute atomic E-state index is 0.245. The van der Waals surface area contributed by atoms with E-state index >= 15 is 0 Å². The Kier molecular flexibility index (Phi) is 36.8. The number of ether oxygens (including phenoxy) is 6. The monoisotopic (exact) mass is 1080 g/mol. The first-order valence-corrected chi connectivity index (χ1v) is 29.4. The van der Waals surface area contributed by atoms with Crippen LogP contribution in [0.25, 0.3) is 0 Å². The van der Waals surface area contributed by atoms with Crippen molar-refractivity contribution in [1.29, 1.82) is 0 Å². The van der Waals surface area contributed by atoms with Crippen molar-refractivity contribution in [2.24, 2.45) is 0 Å². The highest BCUT2D eigenvalue weighted by Crippen LogP contribution is 2.33. The second kappa shape index (κ2) is 40.7. The molecular weight excluding hydrogens is 975 g/mol. The maximum Gasteiger partial charge on any atom is 0.220 e. The minimum atomic E-state index is -1.97. The third kappa shape index (κ3) is 25.3. The van der Waals surface area contributed by atoms with E-state index in [2.05, 4.69) is 19.2 Å². The molecule has 0 aliphatic carbocycles. The van der Waals surface area contributed by atoms with Crippen LogP contribution in [0.1, 0.15) is 206 Å². The van der Waals surface area contributed by atoms with Crippen molar-refractivity contribution in [3.8, 4) is 0 Å². The molecule has 3 heterocycles. The number of carbonyl (C=O) groups is 1. The molecule has 19 heteroatoms. The van der Waals surface area contributed by atoms with Crippen LogP contribution in [0.15, 0.2) is 12.2 Å². The van der Waals surface area contributed by atoms with Gasteiger partial charge in [0.1, 0.15) is 73.2 Å². The molecule has 75 heavy (non-hydrogen) atoms. The fourth-order valence-corrected chi connectivity index (χ4v) is 10.2. The summed E-state index contributed by atoms with van der Waals surface area (Å²) in [5, 5.41) is 120. The Morgan fingerprint density at radius 3 is 1.35 bits per heavy atom. The predicted molar refractivity (Wildman–Crippen MR) is 282 cm³/mol. The van der Waals surface area contributed by atoms with Crippen LogP contribution in [0, 0.1) is 0 Å². The molecule has 19 nitrogen and oxygen atoms in total. The molecule has 6 unspecified atom stereocenters. The third-order valence-electron chi connectivity index (χ3n) is 15.1. The van der Waals surface area contributed by atoms with Gasteiger partial charge in [-0.1, -0.05) is 193 Å². The molecule has 3 aliphatic rings. The summed E-state index contributed by atoms with van der Waals surface area (Å²) in [5.41, 5.74) is 0. The number of aliphatic hydroxyl groups excluding tert-OH is 11. The topological polar surface area (TPSA) is 307 Å². The molecule has 0 aromatic carbocycles. The quantitative estimate of drug-likeness (QED) is 0.0293. The first kappa shape index (κ1) is 67.8. The van der Waals surface area contributed by atoms with Crippen molar-refractivity contribution in [3.63, 3.8) is 0 Å². The summed E-state index contributed by atoms with van der Waals surface area (Å²) in [7, 11) is 0. The van der Waals surface area contributed by atoms with E-state index in [1.54, 1.807) is 6.08 Å². The van der Waals surface area contributed by atoms with Crippen molar-refractivity contribution >= 4 is 5.91 Å². The van der Waals surface area contributed by atoms with Crippen molar-refractivity contribution in [2.45, 2.75) is 311 Å². The Morgan fingerprint density at radius 1 is 0.467 bits per heavy atom. The largest absolute Gasteiger partial charge is 0.394 e. The van der Waals surface area contributed by atoms with Crippen LogP contribution in [0.3, 0.4) is 0 Å². The van der Waals surface area contributed by atoms with E-state index in [0.29, 0.717) is 6.42 Å². The predicted octanol–water partition coefficient (Wildman–Crippen LogP) is 4.60. The Hall–Kier alpha value is -1.47. The zero-order chi connectivity index (χ0) is 54.8. The van der Waals surface area contributed by atoms with Gasteiger partial charge in [0.25, 0.3) is 0 Å². The van der Waals surface area contributed by atoms with Crippen molar-refractivity contribution in [1.82, 2.24) is 5.32 Å². The molecule has 3 aliphatic heterocycles. The number of aliphatic hydroxyl groups is 11. The SMILES string of the molecule is CCCCCCCCCCCCC/C=C/[C@@H](O)[C@H](CO[C@@H]1OC(CO)[C@@H](O[C@@H]2OC(CO)[C@H](O)[C@H](O[C@H]3OC(CO)[C@H](O)[C@H](O)C3O)C2O)[C@H](O)C1O)NC(=O)CCCCCCCCCCCCCCCCCCC. The first-order chi connectivity index (χ1) is 36.3. The van der Waals surface area contributed by atoms with Crippen LogP contribution >= 0.6 is 0 Å². The third-order valence-corrected chi connectivity index (χ3v) is 15.1. The summed E-state index contributed by atoms with van der Waals surface area (Å²) < 4.78 is 34.2. The normalized spacial score (nSPS) is 31.2. The lowest BCUT2D eigenvalue weighted by atomic mass is 9.96. The minimum Gasteiger partial charge on any atom is -0.394 e. The van der Waals surface area contributed by atoms with E-state index in [-0.39, 0.29) is 18.9 Å². The van der Waals surface area contributed by atoms with Gasteiger partial charge in [0.2, 0.25) is 5.91 Å². The number of carbonyl (C=O) groups excluding carboxylic acids is 1. The Morgan fingerprint density at radius 2 is 0.867 bits per heavy atom. The number of amides is 1. The van der Waals surface area contributed by atoms with E-state index in [1.807, 2.05) is 6.08 Å². The number of allylic oxidation sites excluding steroid dienone is 1. The number of hydrogen-bond donors (Lipinski definition) is 12. The Bertz CT molecular complexity index is 1430. The zero-order valence-electron chi connectivity index (χ0n) is 45.8. The van der Waals surface area contributed by atoms with Crippen LogP contribution in [0.4, 0.5) is 0 Å². The molecule has 0 saturated carbocycles. The Balaban J connectivity index is 1.53. The molecule has 442 valence electrons. The van der Waals surface area contributed by atoms with Gasteiger partial charge in [-0.15, -0.1) is 0 Å². The maximum absolute atomic E-state index is 13.3. The van der Waals surface area contributed by atoms with E-state index in [1.165, 1.54) is 135 Å². The van der Waals surface area contributed by atoms with Gasteiger partial charge in [0, 0.05) is 6.42 Å². The molecule has 1 amide bonds. The molecule has 0 aromatic rings. The smallest absolute Gasteiger partial charge is 0.220 e. The highest BCUT2D eigenvalue weighted by atomic mass is 16.8. The molecule has 17 atom stereocenters. The molecule has 3 rings (SSSR count).